The molecule has 18 heavy (non-hydrogen) atoms. The summed E-state index contributed by atoms with van der Waals surface area (Å²) >= 11 is 14.2. The van der Waals surface area contributed by atoms with E-state index in [1.807, 2.05) is 30.0 Å². The normalized spacial score (nSPS) is 18.2. The largest absolute Gasteiger partial charge is 0.327 e. The molecule has 0 bridgehead atoms. The van der Waals surface area contributed by atoms with Crippen LogP contribution < -0.4 is 5.73 Å². The average molecular weight is 304 g/mol. The summed E-state index contributed by atoms with van der Waals surface area (Å²) in [5, 5.41) is 2.09. The third-order valence-corrected chi connectivity index (χ3v) is 5.78. The minimum Gasteiger partial charge on any atom is -0.327 e. The van der Waals surface area contributed by atoms with E-state index in [1.54, 1.807) is 0 Å². The van der Waals surface area contributed by atoms with Crippen molar-refractivity contribution in [1.29, 1.82) is 0 Å². The van der Waals surface area contributed by atoms with E-state index in [2.05, 4.69) is 0 Å². The first-order chi connectivity index (χ1) is 8.66. The van der Waals surface area contributed by atoms with E-state index in [9.17, 15) is 0 Å². The SMILES string of the molecule is NC(CSC1CCCC1)Cc1cccc(Cl)c1Cl. The maximum absolute atomic E-state index is 6.18. The molecule has 2 rings (SSSR count). The van der Waals surface area contributed by atoms with Crippen molar-refractivity contribution < 1.29 is 0 Å². The maximum Gasteiger partial charge on any atom is 0.0624 e. The highest BCUT2D eigenvalue weighted by molar-refractivity contribution is 7.99. The number of hydrogen-bond donors (Lipinski definition) is 1. The fourth-order valence-corrected chi connectivity index (χ4v) is 4.06. The number of halogens is 2. The molecule has 1 unspecified atom stereocenters. The fourth-order valence-electron chi connectivity index (χ4n) is 2.36. The van der Waals surface area contributed by atoms with Crippen molar-refractivity contribution in [3.8, 4) is 0 Å². The van der Waals surface area contributed by atoms with E-state index in [1.165, 1.54) is 25.7 Å². The minimum absolute atomic E-state index is 0.159. The van der Waals surface area contributed by atoms with Gasteiger partial charge in [-0.3, -0.25) is 0 Å². The van der Waals surface area contributed by atoms with E-state index in [0.29, 0.717) is 10.0 Å². The Kier molecular flexibility index (Phi) is 5.68. The van der Waals surface area contributed by atoms with Gasteiger partial charge in [0.15, 0.2) is 0 Å². The van der Waals surface area contributed by atoms with Crippen molar-refractivity contribution >= 4 is 35.0 Å². The Morgan fingerprint density at radius 2 is 2.00 bits per heavy atom. The molecule has 0 saturated heterocycles. The zero-order chi connectivity index (χ0) is 13.0. The summed E-state index contributed by atoms with van der Waals surface area (Å²) < 4.78 is 0. The lowest BCUT2D eigenvalue weighted by atomic mass is 10.1. The standard InChI is InChI=1S/C14H19Cl2NS/c15-13-7-3-4-10(14(13)16)8-11(17)9-18-12-5-1-2-6-12/h3-4,7,11-12H,1-2,5-6,8-9,17H2. The minimum atomic E-state index is 0.159. The second-order valence-electron chi connectivity index (χ2n) is 4.92. The van der Waals surface area contributed by atoms with Gasteiger partial charge in [0.1, 0.15) is 0 Å². The lowest BCUT2D eigenvalue weighted by Gasteiger charge is -2.15. The highest BCUT2D eigenvalue weighted by atomic mass is 35.5. The summed E-state index contributed by atoms with van der Waals surface area (Å²) in [4.78, 5) is 0. The summed E-state index contributed by atoms with van der Waals surface area (Å²) in [6.45, 7) is 0. The molecule has 0 heterocycles. The van der Waals surface area contributed by atoms with Gasteiger partial charge in [-0.1, -0.05) is 48.2 Å². The molecule has 1 aromatic rings. The van der Waals surface area contributed by atoms with Gasteiger partial charge in [-0.05, 0) is 30.9 Å². The van der Waals surface area contributed by atoms with E-state index in [4.69, 9.17) is 28.9 Å². The first-order valence-electron chi connectivity index (χ1n) is 6.47. The van der Waals surface area contributed by atoms with Crippen LogP contribution in [0.4, 0.5) is 0 Å². The zero-order valence-corrected chi connectivity index (χ0v) is 12.7. The lowest BCUT2D eigenvalue weighted by Crippen LogP contribution is -2.26. The Labute approximate surface area is 123 Å². The molecule has 1 nitrogen and oxygen atoms in total. The van der Waals surface area contributed by atoms with E-state index in [-0.39, 0.29) is 6.04 Å². The second kappa shape index (κ2) is 7.04. The van der Waals surface area contributed by atoms with Crippen molar-refractivity contribution in [3.63, 3.8) is 0 Å². The van der Waals surface area contributed by atoms with Crippen LogP contribution in [0.15, 0.2) is 18.2 Å². The van der Waals surface area contributed by atoms with Gasteiger partial charge in [0, 0.05) is 17.0 Å². The molecule has 0 aromatic heterocycles. The number of hydrogen-bond acceptors (Lipinski definition) is 2. The molecule has 100 valence electrons. The summed E-state index contributed by atoms with van der Waals surface area (Å²) in [5.74, 6) is 1.01. The van der Waals surface area contributed by atoms with Gasteiger partial charge in [0.05, 0.1) is 10.0 Å². The number of benzene rings is 1. The van der Waals surface area contributed by atoms with Crippen LogP contribution in [0.25, 0.3) is 0 Å². The second-order valence-corrected chi connectivity index (χ2v) is 7.04. The smallest absolute Gasteiger partial charge is 0.0624 e. The third-order valence-electron chi connectivity index (χ3n) is 3.36. The van der Waals surface area contributed by atoms with Gasteiger partial charge >= 0.3 is 0 Å². The molecule has 4 heteroatoms. The van der Waals surface area contributed by atoms with Crippen LogP contribution in [0.2, 0.25) is 10.0 Å². The topological polar surface area (TPSA) is 26.0 Å². The van der Waals surface area contributed by atoms with Crippen molar-refractivity contribution in [2.75, 3.05) is 5.75 Å². The molecule has 0 aliphatic heterocycles. The van der Waals surface area contributed by atoms with Gasteiger partial charge in [-0.25, -0.2) is 0 Å². The van der Waals surface area contributed by atoms with Crippen LogP contribution in [0.5, 0.6) is 0 Å². The van der Waals surface area contributed by atoms with Crippen LogP contribution in [-0.2, 0) is 6.42 Å². The summed E-state index contributed by atoms with van der Waals surface area (Å²) in [6, 6.07) is 5.91. The fraction of sp³-hybridized carbons (Fsp3) is 0.571. The van der Waals surface area contributed by atoms with Crippen LogP contribution in [0.3, 0.4) is 0 Å². The molecule has 0 radical (unpaired) electrons. The Morgan fingerprint density at radius 3 is 2.72 bits per heavy atom. The molecule has 1 fully saturated rings. The zero-order valence-electron chi connectivity index (χ0n) is 10.4. The highest BCUT2D eigenvalue weighted by Gasteiger charge is 2.17. The first-order valence-corrected chi connectivity index (χ1v) is 8.27. The quantitative estimate of drug-likeness (QED) is 0.864. The van der Waals surface area contributed by atoms with Gasteiger partial charge in [-0.2, -0.15) is 11.8 Å². The summed E-state index contributed by atoms with van der Waals surface area (Å²) in [7, 11) is 0. The van der Waals surface area contributed by atoms with Crippen molar-refractivity contribution in [2.45, 2.75) is 43.4 Å². The highest BCUT2D eigenvalue weighted by Crippen LogP contribution is 2.30. The van der Waals surface area contributed by atoms with Gasteiger partial charge in [0.2, 0.25) is 0 Å². The molecule has 0 spiro atoms. The molecule has 2 N–H and O–H groups in total. The Bertz CT molecular complexity index is 391. The lowest BCUT2D eigenvalue weighted by molar-refractivity contribution is 0.745. The van der Waals surface area contributed by atoms with Crippen LogP contribution in [0, 0.1) is 0 Å². The van der Waals surface area contributed by atoms with Gasteiger partial charge < -0.3 is 5.73 Å². The number of rotatable bonds is 5. The third kappa shape index (κ3) is 4.06. The Hall–Kier alpha value is 0.110. The monoisotopic (exact) mass is 303 g/mol. The van der Waals surface area contributed by atoms with Crippen LogP contribution in [0.1, 0.15) is 31.2 Å². The van der Waals surface area contributed by atoms with Crippen LogP contribution >= 0.6 is 35.0 Å². The Morgan fingerprint density at radius 1 is 1.28 bits per heavy atom. The van der Waals surface area contributed by atoms with Crippen molar-refractivity contribution in [2.24, 2.45) is 5.73 Å². The average Bonchev–Trinajstić information content (AvgIpc) is 2.86. The molecule has 1 aromatic carbocycles. The molecule has 1 saturated carbocycles. The molecule has 1 aliphatic carbocycles. The predicted octanol–water partition coefficient (Wildman–Crippen LogP) is 4.54. The molecular formula is C14H19Cl2NS. The van der Waals surface area contributed by atoms with Gasteiger partial charge in [-0.15, -0.1) is 0 Å². The van der Waals surface area contributed by atoms with E-state index >= 15 is 0 Å². The summed E-state index contributed by atoms with van der Waals surface area (Å²) in [5.41, 5.74) is 7.24. The van der Waals surface area contributed by atoms with Crippen molar-refractivity contribution in [3.05, 3.63) is 33.8 Å². The molecule has 1 aliphatic rings. The van der Waals surface area contributed by atoms with Crippen LogP contribution in [-0.4, -0.2) is 17.0 Å². The maximum atomic E-state index is 6.18. The number of nitrogens with two attached hydrogens (primary N) is 1. The van der Waals surface area contributed by atoms with Gasteiger partial charge in [0.25, 0.3) is 0 Å². The molecule has 0 amide bonds. The van der Waals surface area contributed by atoms with Crippen molar-refractivity contribution in [1.82, 2.24) is 0 Å². The molecular weight excluding hydrogens is 285 g/mol. The molecule has 1 atom stereocenters. The van der Waals surface area contributed by atoms with E-state index in [0.717, 1.165) is 23.0 Å². The van der Waals surface area contributed by atoms with E-state index < -0.39 is 0 Å². The predicted molar refractivity (Wildman–Crippen MR) is 82.9 cm³/mol. The summed E-state index contributed by atoms with van der Waals surface area (Å²) in [6.07, 6.45) is 6.28. The number of thioether (sulfide) groups is 1. The first kappa shape index (κ1) is 14.5. The Balaban J connectivity index is 1.82.